The minimum absolute atomic E-state index is 0.233. The third-order valence-electron chi connectivity index (χ3n) is 5.14. The topological polar surface area (TPSA) is 67.2 Å². The van der Waals surface area contributed by atoms with Crippen molar-refractivity contribution in [3.05, 3.63) is 60.6 Å². The fraction of sp³-hybridized carbons (Fsp3) is 0.364. The lowest BCUT2D eigenvalue weighted by molar-refractivity contribution is -0.121. The van der Waals surface area contributed by atoms with E-state index in [0.717, 1.165) is 48.7 Å². The number of unbranched alkanes of at least 4 members (excludes halogenated alkanes) is 3. The Morgan fingerprint density at radius 3 is 2.76 bits per heavy atom. The molecule has 0 saturated carbocycles. The third kappa shape index (κ3) is 5.66. The number of nitrogens with one attached hydrogen (secondary N) is 1. The number of hydrogen-bond acceptors (Lipinski definition) is 3. The van der Waals surface area contributed by atoms with Crippen molar-refractivity contribution in [2.24, 2.45) is 0 Å². The van der Waals surface area contributed by atoms with Crippen LogP contribution in [0.5, 0.6) is 5.75 Å². The second-order valence-corrected chi connectivity index (χ2v) is 7.30. The van der Waals surface area contributed by atoms with E-state index in [4.69, 9.17) is 15.7 Å². The standard InChI is InChI=1S/C22H25B2N3O2/c23-20(17-6-5-10-25-15-17)21(24)22(29)26-11-3-1-2-4-12-27-13-9-16-14-18(28)7-8-19(16)27/h5-10,13-15,20-21,28H,1-4,11-12H2,(H,26,29)/t20-,21+/m1/s1. The van der Waals surface area contributed by atoms with Crippen molar-refractivity contribution in [2.45, 2.75) is 43.9 Å². The summed E-state index contributed by atoms with van der Waals surface area (Å²) in [7, 11) is 12.0. The lowest BCUT2D eigenvalue weighted by Gasteiger charge is -2.20. The van der Waals surface area contributed by atoms with Crippen LogP contribution in [0.1, 0.15) is 37.1 Å². The summed E-state index contributed by atoms with van der Waals surface area (Å²) in [5.74, 6) is -1.30. The quantitative estimate of drug-likeness (QED) is 0.416. The Labute approximate surface area is 174 Å². The second kappa shape index (κ2) is 10.2. The van der Waals surface area contributed by atoms with Crippen LogP contribution >= 0.6 is 0 Å². The first kappa shape index (κ1) is 21.0. The smallest absolute Gasteiger partial charge is 0.214 e. The maximum atomic E-state index is 12.2. The molecule has 0 aliphatic carbocycles. The molecule has 2 N–H and O–H groups in total. The van der Waals surface area contributed by atoms with Crippen molar-refractivity contribution in [3.8, 4) is 5.75 Å². The predicted molar refractivity (Wildman–Crippen MR) is 117 cm³/mol. The van der Waals surface area contributed by atoms with Gasteiger partial charge in [0.1, 0.15) is 5.75 Å². The van der Waals surface area contributed by atoms with Crippen LogP contribution in [0, 0.1) is 0 Å². The number of rotatable bonds is 10. The van der Waals surface area contributed by atoms with Gasteiger partial charge in [-0.2, -0.15) is 0 Å². The molecule has 4 radical (unpaired) electrons. The van der Waals surface area contributed by atoms with Crippen LogP contribution in [0.4, 0.5) is 0 Å². The summed E-state index contributed by atoms with van der Waals surface area (Å²) in [6, 6.07) is 11.1. The number of phenols is 1. The number of hydrogen-bond donors (Lipinski definition) is 2. The number of fused-ring (bicyclic) bond motifs is 1. The molecule has 146 valence electrons. The fourth-order valence-corrected chi connectivity index (χ4v) is 3.42. The van der Waals surface area contributed by atoms with E-state index in [1.807, 2.05) is 18.2 Å². The molecule has 0 aliphatic rings. The molecule has 0 spiro atoms. The highest BCUT2D eigenvalue weighted by atomic mass is 16.3. The highest BCUT2D eigenvalue weighted by Gasteiger charge is 2.20. The van der Waals surface area contributed by atoms with Crippen molar-refractivity contribution < 1.29 is 9.90 Å². The zero-order valence-electron chi connectivity index (χ0n) is 16.5. The normalized spacial score (nSPS) is 13.2. The zero-order chi connectivity index (χ0) is 20.6. The van der Waals surface area contributed by atoms with Gasteiger partial charge in [0.15, 0.2) is 0 Å². The third-order valence-corrected chi connectivity index (χ3v) is 5.14. The van der Waals surface area contributed by atoms with Gasteiger partial charge in [-0.15, -0.1) is 0 Å². The van der Waals surface area contributed by atoms with Gasteiger partial charge in [0, 0.05) is 42.6 Å². The van der Waals surface area contributed by atoms with Crippen molar-refractivity contribution in [2.75, 3.05) is 6.54 Å². The molecule has 2 atom stereocenters. The van der Waals surface area contributed by atoms with E-state index in [0.29, 0.717) is 12.3 Å². The summed E-state index contributed by atoms with van der Waals surface area (Å²) in [6.45, 7) is 1.53. The lowest BCUT2D eigenvalue weighted by atomic mass is 9.63. The molecular formula is C22H25B2N3O2. The van der Waals surface area contributed by atoms with Crippen molar-refractivity contribution >= 4 is 32.5 Å². The fourth-order valence-electron chi connectivity index (χ4n) is 3.42. The first-order chi connectivity index (χ1) is 14.1. The molecule has 0 aliphatic heterocycles. The number of phenolic OH excluding ortho intramolecular Hbond substituents is 1. The first-order valence-electron chi connectivity index (χ1n) is 10.0. The Morgan fingerprint density at radius 2 is 1.97 bits per heavy atom. The molecule has 0 bridgehead atoms. The van der Waals surface area contributed by atoms with Gasteiger partial charge in [0.05, 0.1) is 15.7 Å². The maximum absolute atomic E-state index is 12.2. The summed E-state index contributed by atoms with van der Waals surface area (Å²) in [5.41, 5.74) is 1.89. The van der Waals surface area contributed by atoms with Gasteiger partial charge < -0.3 is 15.0 Å². The van der Waals surface area contributed by atoms with Crippen LogP contribution in [-0.2, 0) is 11.3 Å². The molecule has 3 rings (SSSR count). The minimum Gasteiger partial charge on any atom is -0.508 e. The predicted octanol–water partition coefficient (Wildman–Crippen LogP) is 3.29. The zero-order valence-corrected chi connectivity index (χ0v) is 16.5. The van der Waals surface area contributed by atoms with Crippen LogP contribution in [0.3, 0.4) is 0 Å². The molecule has 1 aromatic carbocycles. The van der Waals surface area contributed by atoms with E-state index in [9.17, 15) is 9.90 Å². The maximum Gasteiger partial charge on any atom is 0.214 e. The van der Waals surface area contributed by atoms with Crippen LogP contribution in [0.15, 0.2) is 55.0 Å². The van der Waals surface area contributed by atoms with Gasteiger partial charge in [0.2, 0.25) is 5.91 Å². The summed E-state index contributed by atoms with van der Waals surface area (Å²) in [4.78, 5) is 16.2. The lowest BCUT2D eigenvalue weighted by Crippen LogP contribution is -2.31. The minimum atomic E-state index is -0.791. The van der Waals surface area contributed by atoms with Crippen molar-refractivity contribution in [1.82, 2.24) is 14.9 Å². The van der Waals surface area contributed by atoms with Crippen LogP contribution in [-0.4, -0.2) is 42.8 Å². The van der Waals surface area contributed by atoms with Gasteiger partial charge in [-0.1, -0.05) is 18.9 Å². The van der Waals surface area contributed by atoms with Gasteiger partial charge in [-0.25, -0.2) is 0 Å². The van der Waals surface area contributed by atoms with Crippen LogP contribution in [0.25, 0.3) is 10.9 Å². The Morgan fingerprint density at radius 1 is 1.14 bits per heavy atom. The Kier molecular flexibility index (Phi) is 7.39. The number of carbonyl (C=O) groups excluding carboxylic acids is 1. The monoisotopic (exact) mass is 385 g/mol. The van der Waals surface area contributed by atoms with E-state index in [-0.39, 0.29) is 5.91 Å². The molecule has 1 amide bonds. The van der Waals surface area contributed by atoms with Gasteiger partial charge in [-0.3, -0.25) is 9.78 Å². The number of aromatic nitrogens is 2. The van der Waals surface area contributed by atoms with Gasteiger partial charge in [-0.05, 0) is 60.4 Å². The number of benzene rings is 1. The largest absolute Gasteiger partial charge is 0.508 e. The van der Waals surface area contributed by atoms with Crippen LogP contribution < -0.4 is 5.32 Å². The highest BCUT2D eigenvalue weighted by molar-refractivity contribution is 6.30. The molecule has 2 heterocycles. The Hall–Kier alpha value is -2.69. The van der Waals surface area contributed by atoms with E-state index in [1.165, 1.54) is 0 Å². The molecule has 0 saturated heterocycles. The SMILES string of the molecule is [B][C@H](C(=O)NCCCCCCn1ccc2cc(O)ccc21)[C@H]([B])c1cccnc1. The van der Waals surface area contributed by atoms with E-state index in [1.54, 1.807) is 30.6 Å². The van der Waals surface area contributed by atoms with Crippen molar-refractivity contribution in [3.63, 3.8) is 0 Å². The average Bonchev–Trinajstić information content (AvgIpc) is 3.14. The molecule has 29 heavy (non-hydrogen) atoms. The summed E-state index contributed by atoms with van der Waals surface area (Å²) >= 11 is 0. The first-order valence-corrected chi connectivity index (χ1v) is 10.0. The molecule has 0 unspecified atom stereocenters. The van der Waals surface area contributed by atoms with Gasteiger partial charge >= 0.3 is 0 Å². The highest BCUT2D eigenvalue weighted by Crippen LogP contribution is 2.23. The molecule has 3 aromatic rings. The average molecular weight is 385 g/mol. The summed E-state index contributed by atoms with van der Waals surface area (Å²) in [6.07, 6.45) is 9.42. The Bertz CT molecular complexity index is 930. The van der Waals surface area contributed by atoms with E-state index < -0.39 is 11.6 Å². The Balaban J connectivity index is 1.32. The molecule has 0 fully saturated rings. The van der Waals surface area contributed by atoms with Crippen LogP contribution in [0.2, 0.25) is 5.82 Å². The van der Waals surface area contributed by atoms with Gasteiger partial charge in [0.25, 0.3) is 0 Å². The number of aromatic hydroxyl groups is 1. The van der Waals surface area contributed by atoms with Crippen molar-refractivity contribution in [1.29, 1.82) is 0 Å². The summed E-state index contributed by atoms with van der Waals surface area (Å²) in [5, 5.41) is 13.5. The molecule has 5 nitrogen and oxygen atoms in total. The molecule has 7 heteroatoms. The summed E-state index contributed by atoms with van der Waals surface area (Å²) < 4.78 is 2.20. The number of aryl methyl sites for hydroxylation is 1. The molecule has 2 aromatic heterocycles. The number of amides is 1. The van der Waals surface area contributed by atoms with E-state index >= 15 is 0 Å². The number of nitrogens with zero attached hydrogens (tertiary/aromatic N) is 2. The molecular weight excluding hydrogens is 360 g/mol. The number of carbonyl (C=O) groups is 1. The number of pyridine rings is 1. The van der Waals surface area contributed by atoms with E-state index in [2.05, 4.69) is 21.1 Å². The second-order valence-electron chi connectivity index (χ2n) is 7.30.